The average molecular weight is 264 g/mol. The Labute approximate surface area is 115 Å². The monoisotopic (exact) mass is 264 g/mol. The Morgan fingerprint density at radius 3 is 2.68 bits per heavy atom. The second-order valence-electron chi connectivity index (χ2n) is 5.48. The summed E-state index contributed by atoms with van der Waals surface area (Å²) in [6.45, 7) is 6.79. The Hall–Kier alpha value is -1.13. The van der Waals surface area contributed by atoms with Gasteiger partial charge in [0.05, 0.1) is 6.61 Å². The molecule has 19 heavy (non-hydrogen) atoms. The molecular weight excluding hydrogens is 240 g/mol. The maximum absolute atomic E-state index is 9.56. The van der Waals surface area contributed by atoms with Gasteiger partial charge < -0.3 is 14.7 Å². The molecule has 0 radical (unpaired) electrons. The molecule has 0 amide bonds. The van der Waals surface area contributed by atoms with E-state index in [9.17, 15) is 5.11 Å². The first-order valence-electron chi connectivity index (χ1n) is 6.98. The Kier molecular flexibility index (Phi) is 4.77. The maximum Gasteiger partial charge on any atom is 0.134 e. The number of rotatable bonds is 4. The van der Waals surface area contributed by atoms with Crippen LogP contribution in [0.1, 0.15) is 29.7 Å². The van der Waals surface area contributed by atoms with Gasteiger partial charge in [-0.05, 0) is 44.2 Å². The van der Waals surface area contributed by atoms with Crippen LogP contribution in [0.2, 0.25) is 0 Å². The first-order valence-corrected chi connectivity index (χ1v) is 6.98. The third-order valence-electron chi connectivity index (χ3n) is 3.85. The minimum atomic E-state index is 0.0482. The van der Waals surface area contributed by atoms with Gasteiger partial charge in [-0.3, -0.25) is 0 Å². The number of pyridine rings is 1. The van der Waals surface area contributed by atoms with Crippen LogP contribution >= 0.6 is 0 Å². The van der Waals surface area contributed by atoms with Crippen molar-refractivity contribution in [3.8, 4) is 0 Å². The second kappa shape index (κ2) is 6.35. The lowest BCUT2D eigenvalue weighted by Gasteiger charge is -2.29. The summed E-state index contributed by atoms with van der Waals surface area (Å²) in [7, 11) is 2.07. The predicted molar refractivity (Wildman–Crippen MR) is 76.4 cm³/mol. The first-order chi connectivity index (χ1) is 9.11. The summed E-state index contributed by atoms with van der Waals surface area (Å²) in [5.41, 5.74) is 3.06. The molecule has 1 fully saturated rings. The van der Waals surface area contributed by atoms with Crippen LogP contribution in [0.3, 0.4) is 0 Å². The number of anilines is 1. The number of aryl methyl sites for hydroxylation is 2. The lowest BCUT2D eigenvalue weighted by atomic mass is 9.99. The SMILES string of the molecule is Cc1cc(C)c(CO)c(N(C)CC2CCOCC2)n1. The van der Waals surface area contributed by atoms with Gasteiger partial charge in [-0.25, -0.2) is 4.98 Å². The number of hydrogen-bond acceptors (Lipinski definition) is 4. The number of aliphatic hydroxyl groups excluding tert-OH is 1. The summed E-state index contributed by atoms with van der Waals surface area (Å²) in [5, 5.41) is 9.56. The normalized spacial score (nSPS) is 16.6. The van der Waals surface area contributed by atoms with E-state index in [1.807, 2.05) is 19.9 Å². The van der Waals surface area contributed by atoms with Gasteiger partial charge in [0.1, 0.15) is 5.82 Å². The van der Waals surface area contributed by atoms with E-state index in [1.165, 1.54) is 0 Å². The van der Waals surface area contributed by atoms with Crippen molar-refractivity contribution in [2.45, 2.75) is 33.3 Å². The van der Waals surface area contributed by atoms with E-state index in [4.69, 9.17) is 4.74 Å². The summed E-state index contributed by atoms with van der Waals surface area (Å²) in [5.74, 6) is 1.58. The minimum absolute atomic E-state index is 0.0482. The molecule has 4 heteroatoms. The average Bonchev–Trinajstić information content (AvgIpc) is 2.39. The van der Waals surface area contributed by atoms with Gasteiger partial charge >= 0.3 is 0 Å². The van der Waals surface area contributed by atoms with Gasteiger partial charge in [0, 0.05) is 38.1 Å². The topological polar surface area (TPSA) is 45.6 Å². The molecule has 1 aliphatic heterocycles. The molecule has 1 saturated heterocycles. The van der Waals surface area contributed by atoms with Crippen LogP contribution in [-0.4, -0.2) is 36.9 Å². The van der Waals surface area contributed by atoms with Gasteiger partial charge in [-0.1, -0.05) is 0 Å². The van der Waals surface area contributed by atoms with E-state index in [2.05, 4.69) is 16.9 Å². The highest BCUT2D eigenvalue weighted by Crippen LogP contribution is 2.24. The minimum Gasteiger partial charge on any atom is -0.392 e. The third kappa shape index (κ3) is 3.45. The van der Waals surface area contributed by atoms with E-state index in [-0.39, 0.29) is 6.61 Å². The molecule has 2 heterocycles. The molecule has 1 aromatic heterocycles. The molecule has 1 N–H and O–H groups in total. The molecule has 0 aliphatic carbocycles. The van der Waals surface area contributed by atoms with Crippen LogP contribution in [0.25, 0.3) is 0 Å². The standard InChI is InChI=1S/C15H24N2O2/c1-11-8-12(2)16-15(14(11)10-18)17(3)9-13-4-6-19-7-5-13/h8,13,18H,4-7,9-10H2,1-3H3. The van der Waals surface area contributed by atoms with Crippen LogP contribution < -0.4 is 4.90 Å². The van der Waals surface area contributed by atoms with Crippen LogP contribution in [0.5, 0.6) is 0 Å². The molecule has 0 bridgehead atoms. The van der Waals surface area contributed by atoms with Gasteiger partial charge in [-0.2, -0.15) is 0 Å². The van der Waals surface area contributed by atoms with Crippen molar-refractivity contribution in [1.29, 1.82) is 0 Å². The quantitative estimate of drug-likeness (QED) is 0.904. The van der Waals surface area contributed by atoms with Gasteiger partial charge in [0.2, 0.25) is 0 Å². The van der Waals surface area contributed by atoms with Crippen LogP contribution in [-0.2, 0) is 11.3 Å². The molecule has 2 rings (SSSR count). The van der Waals surface area contributed by atoms with E-state index < -0.39 is 0 Å². The first kappa shape index (κ1) is 14.3. The summed E-state index contributed by atoms with van der Waals surface area (Å²) in [6.07, 6.45) is 2.23. The highest BCUT2D eigenvalue weighted by molar-refractivity contribution is 5.50. The highest BCUT2D eigenvalue weighted by Gasteiger charge is 2.19. The lowest BCUT2D eigenvalue weighted by Crippen LogP contribution is -2.31. The number of aliphatic hydroxyl groups is 1. The third-order valence-corrected chi connectivity index (χ3v) is 3.85. The van der Waals surface area contributed by atoms with E-state index in [0.717, 1.165) is 55.2 Å². The van der Waals surface area contributed by atoms with Crippen molar-refractivity contribution in [2.75, 3.05) is 31.7 Å². The van der Waals surface area contributed by atoms with Crippen molar-refractivity contribution in [3.05, 3.63) is 22.9 Å². The van der Waals surface area contributed by atoms with Crippen molar-refractivity contribution < 1.29 is 9.84 Å². The zero-order valence-electron chi connectivity index (χ0n) is 12.1. The summed E-state index contributed by atoms with van der Waals surface area (Å²) < 4.78 is 5.40. The fraction of sp³-hybridized carbons (Fsp3) is 0.667. The number of aromatic nitrogens is 1. The Morgan fingerprint density at radius 2 is 2.05 bits per heavy atom. The van der Waals surface area contributed by atoms with Crippen molar-refractivity contribution >= 4 is 5.82 Å². The van der Waals surface area contributed by atoms with Crippen LogP contribution in [0.4, 0.5) is 5.82 Å². The molecule has 0 saturated carbocycles. The van der Waals surface area contributed by atoms with E-state index >= 15 is 0 Å². The fourth-order valence-electron chi connectivity index (χ4n) is 2.76. The smallest absolute Gasteiger partial charge is 0.134 e. The highest BCUT2D eigenvalue weighted by atomic mass is 16.5. The Morgan fingerprint density at radius 1 is 1.37 bits per heavy atom. The number of ether oxygens (including phenoxy) is 1. The molecule has 1 aromatic rings. The zero-order valence-corrected chi connectivity index (χ0v) is 12.1. The molecule has 0 spiro atoms. The Bertz CT molecular complexity index is 428. The fourth-order valence-corrected chi connectivity index (χ4v) is 2.76. The van der Waals surface area contributed by atoms with Crippen LogP contribution in [0.15, 0.2) is 6.07 Å². The van der Waals surface area contributed by atoms with E-state index in [0.29, 0.717) is 5.92 Å². The number of hydrogen-bond donors (Lipinski definition) is 1. The van der Waals surface area contributed by atoms with Gasteiger partial charge in [-0.15, -0.1) is 0 Å². The molecule has 4 nitrogen and oxygen atoms in total. The van der Waals surface area contributed by atoms with E-state index in [1.54, 1.807) is 0 Å². The Balaban J connectivity index is 2.15. The molecule has 106 valence electrons. The molecule has 0 atom stereocenters. The predicted octanol–water partition coefficient (Wildman–Crippen LogP) is 2.05. The molecule has 0 aromatic carbocycles. The van der Waals surface area contributed by atoms with Crippen molar-refractivity contribution in [3.63, 3.8) is 0 Å². The largest absolute Gasteiger partial charge is 0.392 e. The van der Waals surface area contributed by atoms with Crippen molar-refractivity contribution in [1.82, 2.24) is 4.98 Å². The molecule has 0 unspecified atom stereocenters. The number of nitrogens with zero attached hydrogens (tertiary/aromatic N) is 2. The second-order valence-corrected chi connectivity index (χ2v) is 5.48. The van der Waals surface area contributed by atoms with Crippen LogP contribution in [0, 0.1) is 19.8 Å². The summed E-state index contributed by atoms with van der Waals surface area (Å²) in [6, 6.07) is 2.03. The summed E-state index contributed by atoms with van der Waals surface area (Å²) >= 11 is 0. The maximum atomic E-state index is 9.56. The van der Waals surface area contributed by atoms with Crippen molar-refractivity contribution in [2.24, 2.45) is 5.92 Å². The molecule has 1 aliphatic rings. The van der Waals surface area contributed by atoms with Gasteiger partial charge in [0.15, 0.2) is 0 Å². The van der Waals surface area contributed by atoms with Gasteiger partial charge in [0.25, 0.3) is 0 Å². The lowest BCUT2D eigenvalue weighted by molar-refractivity contribution is 0.0684. The summed E-state index contributed by atoms with van der Waals surface area (Å²) in [4.78, 5) is 6.79. The molecular formula is C15H24N2O2. The zero-order chi connectivity index (χ0) is 13.8.